The molecular formula is C16H26N2S. The van der Waals surface area contributed by atoms with Crippen LogP contribution in [0.1, 0.15) is 25.8 Å². The fraction of sp³-hybridized carbons (Fsp3) is 0.625. The van der Waals surface area contributed by atoms with E-state index in [2.05, 4.69) is 60.8 Å². The highest BCUT2D eigenvalue weighted by Gasteiger charge is 2.32. The van der Waals surface area contributed by atoms with Crippen molar-refractivity contribution in [2.45, 2.75) is 37.5 Å². The molecule has 2 N–H and O–H groups in total. The largest absolute Gasteiger partial charge is 0.329 e. The van der Waals surface area contributed by atoms with Crippen molar-refractivity contribution in [2.75, 3.05) is 25.4 Å². The number of nitrogens with two attached hydrogens (primary N) is 1. The Balaban J connectivity index is 1.97. The number of thioether (sulfide) groups is 1. The van der Waals surface area contributed by atoms with E-state index in [4.69, 9.17) is 5.73 Å². The number of rotatable bonds is 5. The Hall–Kier alpha value is -0.510. The summed E-state index contributed by atoms with van der Waals surface area (Å²) in [6, 6.07) is 10.7. The van der Waals surface area contributed by atoms with Gasteiger partial charge in [0.05, 0.1) is 0 Å². The molecule has 0 amide bonds. The molecule has 2 nitrogen and oxygen atoms in total. The van der Waals surface area contributed by atoms with E-state index in [9.17, 15) is 0 Å². The molecule has 1 heterocycles. The first-order valence-electron chi connectivity index (χ1n) is 7.25. The average Bonchev–Trinajstić information content (AvgIpc) is 2.46. The van der Waals surface area contributed by atoms with Crippen LogP contribution < -0.4 is 5.73 Å². The van der Waals surface area contributed by atoms with Crippen molar-refractivity contribution < 1.29 is 0 Å². The molecule has 0 bridgehead atoms. The van der Waals surface area contributed by atoms with Crippen molar-refractivity contribution in [3.8, 4) is 0 Å². The number of hydrogen-bond acceptors (Lipinski definition) is 3. The summed E-state index contributed by atoms with van der Waals surface area (Å²) in [5.41, 5.74) is 7.66. The molecule has 1 saturated heterocycles. The third-order valence-electron chi connectivity index (χ3n) is 4.24. The van der Waals surface area contributed by atoms with Crippen molar-refractivity contribution in [1.29, 1.82) is 0 Å². The van der Waals surface area contributed by atoms with Gasteiger partial charge in [-0.3, -0.25) is 4.90 Å². The van der Waals surface area contributed by atoms with Crippen LogP contribution >= 0.6 is 11.8 Å². The Morgan fingerprint density at radius 1 is 1.37 bits per heavy atom. The second-order valence-electron chi connectivity index (χ2n) is 5.81. The van der Waals surface area contributed by atoms with E-state index < -0.39 is 0 Å². The van der Waals surface area contributed by atoms with Gasteiger partial charge >= 0.3 is 0 Å². The number of benzene rings is 1. The molecule has 1 fully saturated rings. The van der Waals surface area contributed by atoms with Gasteiger partial charge in [-0.15, -0.1) is 0 Å². The van der Waals surface area contributed by atoms with Gasteiger partial charge in [0.25, 0.3) is 0 Å². The van der Waals surface area contributed by atoms with Gasteiger partial charge in [0.1, 0.15) is 0 Å². The minimum Gasteiger partial charge on any atom is -0.329 e. The summed E-state index contributed by atoms with van der Waals surface area (Å²) in [4.78, 5) is 2.61. The number of nitrogens with zero attached hydrogens (tertiary/aromatic N) is 1. The first-order valence-corrected chi connectivity index (χ1v) is 8.29. The predicted molar refractivity (Wildman–Crippen MR) is 85.7 cm³/mol. The summed E-state index contributed by atoms with van der Waals surface area (Å²) in [5, 5.41) is 0.733. The molecule has 0 saturated carbocycles. The lowest BCUT2D eigenvalue weighted by molar-refractivity contribution is 0.107. The molecule has 0 aromatic heterocycles. The van der Waals surface area contributed by atoms with E-state index in [0.29, 0.717) is 0 Å². The first kappa shape index (κ1) is 14.9. The van der Waals surface area contributed by atoms with Crippen LogP contribution in [-0.4, -0.2) is 41.1 Å². The zero-order chi connectivity index (χ0) is 13.7. The summed E-state index contributed by atoms with van der Waals surface area (Å²) < 4.78 is 0. The lowest BCUT2D eigenvalue weighted by Gasteiger charge is -2.44. The van der Waals surface area contributed by atoms with E-state index in [1.165, 1.54) is 24.4 Å². The molecule has 2 unspecified atom stereocenters. The Morgan fingerprint density at radius 3 is 2.74 bits per heavy atom. The third kappa shape index (κ3) is 3.98. The van der Waals surface area contributed by atoms with Crippen LogP contribution in [0, 0.1) is 0 Å². The van der Waals surface area contributed by atoms with Gasteiger partial charge in [0, 0.05) is 36.2 Å². The van der Waals surface area contributed by atoms with Crippen molar-refractivity contribution >= 4 is 11.8 Å². The quantitative estimate of drug-likeness (QED) is 0.898. The van der Waals surface area contributed by atoms with Crippen LogP contribution in [0.3, 0.4) is 0 Å². The highest BCUT2D eigenvalue weighted by Crippen LogP contribution is 2.27. The van der Waals surface area contributed by atoms with Crippen LogP contribution in [0.15, 0.2) is 30.3 Å². The molecular weight excluding hydrogens is 252 g/mol. The highest BCUT2D eigenvalue weighted by molar-refractivity contribution is 7.99. The summed E-state index contributed by atoms with van der Waals surface area (Å²) in [7, 11) is 0. The molecule has 1 aromatic rings. The second-order valence-corrected chi connectivity index (χ2v) is 7.36. The van der Waals surface area contributed by atoms with Crippen LogP contribution in [0.2, 0.25) is 0 Å². The van der Waals surface area contributed by atoms with Gasteiger partial charge in [-0.2, -0.15) is 11.8 Å². The molecule has 2 atom stereocenters. The smallest absolute Gasteiger partial charge is 0.0307 e. The van der Waals surface area contributed by atoms with E-state index in [1.807, 2.05) is 0 Å². The average molecular weight is 278 g/mol. The molecule has 1 aliphatic rings. The van der Waals surface area contributed by atoms with Gasteiger partial charge in [-0.1, -0.05) is 37.3 Å². The Labute approximate surface area is 121 Å². The summed E-state index contributed by atoms with van der Waals surface area (Å²) in [5.74, 6) is 1.24. The van der Waals surface area contributed by atoms with Crippen LogP contribution in [0.5, 0.6) is 0 Å². The maximum Gasteiger partial charge on any atom is 0.0307 e. The van der Waals surface area contributed by atoms with Crippen molar-refractivity contribution in [2.24, 2.45) is 5.73 Å². The van der Waals surface area contributed by atoms with E-state index in [-0.39, 0.29) is 5.54 Å². The fourth-order valence-corrected chi connectivity index (χ4v) is 3.77. The Kier molecular flexibility index (Phi) is 5.31. The molecule has 19 heavy (non-hydrogen) atoms. The monoisotopic (exact) mass is 278 g/mol. The van der Waals surface area contributed by atoms with E-state index in [1.54, 1.807) is 0 Å². The summed E-state index contributed by atoms with van der Waals surface area (Å²) in [6.07, 6.45) is 2.26. The Bertz CT molecular complexity index is 382. The fourth-order valence-electron chi connectivity index (χ4n) is 2.76. The van der Waals surface area contributed by atoms with Crippen LogP contribution in [0.4, 0.5) is 0 Å². The van der Waals surface area contributed by atoms with E-state index in [0.717, 1.165) is 24.6 Å². The first-order chi connectivity index (χ1) is 9.14. The minimum absolute atomic E-state index is 0.144. The number of hydrogen-bond donors (Lipinski definition) is 1. The molecule has 106 valence electrons. The van der Waals surface area contributed by atoms with Gasteiger partial charge in [-0.25, -0.2) is 0 Å². The highest BCUT2D eigenvalue weighted by atomic mass is 32.2. The lowest BCUT2D eigenvalue weighted by Crippen LogP contribution is -2.56. The minimum atomic E-state index is 0.144. The number of aryl methyl sites for hydroxylation is 1. The van der Waals surface area contributed by atoms with Gasteiger partial charge in [0.2, 0.25) is 0 Å². The molecule has 3 heteroatoms. The van der Waals surface area contributed by atoms with Crippen LogP contribution in [0.25, 0.3) is 0 Å². The summed E-state index contributed by atoms with van der Waals surface area (Å²) >= 11 is 2.08. The molecule has 2 rings (SSSR count). The molecule has 1 aliphatic heterocycles. The van der Waals surface area contributed by atoms with Crippen molar-refractivity contribution in [3.05, 3.63) is 35.9 Å². The van der Waals surface area contributed by atoms with E-state index >= 15 is 0 Å². The van der Waals surface area contributed by atoms with Gasteiger partial charge < -0.3 is 5.73 Å². The van der Waals surface area contributed by atoms with Gasteiger partial charge in [-0.05, 0) is 25.3 Å². The lowest BCUT2D eigenvalue weighted by atomic mass is 9.91. The second kappa shape index (κ2) is 6.78. The topological polar surface area (TPSA) is 29.3 Å². The molecule has 0 radical (unpaired) electrons. The maximum atomic E-state index is 6.10. The van der Waals surface area contributed by atoms with Gasteiger partial charge in [0.15, 0.2) is 0 Å². The zero-order valence-corrected chi connectivity index (χ0v) is 13.0. The van der Waals surface area contributed by atoms with Crippen molar-refractivity contribution in [1.82, 2.24) is 4.90 Å². The molecule has 1 aromatic carbocycles. The zero-order valence-electron chi connectivity index (χ0n) is 12.1. The van der Waals surface area contributed by atoms with Crippen LogP contribution in [-0.2, 0) is 6.42 Å². The maximum absolute atomic E-state index is 6.10. The third-order valence-corrected chi connectivity index (χ3v) is 5.38. The summed E-state index contributed by atoms with van der Waals surface area (Å²) in [6.45, 7) is 7.76. The molecule has 0 spiro atoms. The Morgan fingerprint density at radius 2 is 2.11 bits per heavy atom. The molecule has 0 aliphatic carbocycles. The predicted octanol–water partition coefficient (Wildman–Crippen LogP) is 2.77. The normalized spacial score (nSPS) is 24.1. The standard InChI is InChI=1S/C16H26N2S/c1-14-12-18(10-11-19-14)16(2,13-17)9-8-15-6-4-3-5-7-15/h3-7,14H,8-13,17H2,1-2H3. The van der Waals surface area contributed by atoms with Crippen molar-refractivity contribution in [3.63, 3.8) is 0 Å². The SMILES string of the molecule is CC1CN(C(C)(CN)CCc2ccccc2)CCS1.